The normalized spacial score (nSPS) is 16.7. The molecule has 200 valence electrons. The molecule has 1 aliphatic rings. The number of halogens is 4. The van der Waals surface area contributed by atoms with Crippen LogP contribution in [-0.2, 0) is 21.3 Å². The first kappa shape index (κ1) is 30.5. The Bertz CT molecular complexity index is 1270. The van der Waals surface area contributed by atoms with Gasteiger partial charge in [0, 0.05) is 30.2 Å². The molecule has 1 saturated heterocycles. The Labute approximate surface area is 244 Å². The number of ether oxygens (including phenoxy) is 1. The smallest absolute Gasteiger partial charge is 0.346 e. The van der Waals surface area contributed by atoms with Crippen LogP contribution in [0.25, 0.3) is 0 Å². The molecule has 0 spiro atoms. The van der Waals surface area contributed by atoms with E-state index in [-0.39, 0.29) is 48.2 Å². The summed E-state index contributed by atoms with van der Waals surface area (Å²) in [5, 5.41) is 22.7. The predicted molar refractivity (Wildman–Crippen MR) is 153 cm³/mol. The molecule has 3 rings (SSSR count). The van der Waals surface area contributed by atoms with Crippen molar-refractivity contribution in [2.45, 2.75) is 5.44 Å². The van der Waals surface area contributed by atoms with Crippen LogP contribution in [0.4, 0.5) is 11.4 Å². The Hall–Kier alpha value is -1.02. The summed E-state index contributed by atoms with van der Waals surface area (Å²) in [7, 11) is 1.61. The summed E-state index contributed by atoms with van der Waals surface area (Å²) in [6.45, 7) is 0.946. The van der Waals surface area contributed by atoms with Crippen LogP contribution in [0.5, 0.6) is 5.75 Å². The highest BCUT2D eigenvalue weighted by molar-refractivity contribution is 8.71. The van der Waals surface area contributed by atoms with Crippen LogP contribution < -0.4 is 9.83 Å². The summed E-state index contributed by atoms with van der Waals surface area (Å²) in [6, 6.07) is 4.45. The minimum absolute atomic E-state index is 0.0113. The second-order valence-corrected chi connectivity index (χ2v) is 16.9. The van der Waals surface area contributed by atoms with Crippen molar-refractivity contribution in [1.82, 2.24) is 4.90 Å². The van der Waals surface area contributed by atoms with Gasteiger partial charge >= 0.3 is 11.4 Å². The lowest BCUT2D eigenvalue weighted by Crippen LogP contribution is -2.34. The third kappa shape index (κ3) is 7.34. The van der Waals surface area contributed by atoms with Crippen molar-refractivity contribution in [2.75, 3.05) is 31.7 Å². The van der Waals surface area contributed by atoms with Gasteiger partial charge in [-0.1, -0.05) is 57.8 Å². The average molecular weight is 667 g/mol. The zero-order valence-corrected chi connectivity index (χ0v) is 25.0. The second-order valence-electron chi connectivity index (χ2n) is 7.29. The van der Waals surface area contributed by atoms with Gasteiger partial charge in [-0.05, 0) is 23.9 Å². The molecule has 0 saturated carbocycles. The van der Waals surface area contributed by atoms with Gasteiger partial charge in [-0.15, -0.1) is 11.8 Å². The van der Waals surface area contributed by atoms with E-state index in [0.717, 1.165) is 29.3 Å². The van der Waals surface area contributed by atoms with E-state index < -0.39 is 26.7 Å². The Morgan fingerprint density at radius 3 is 2.35 bits per heavy atom. The quantitative estimate of drug-likeness (QED) is 0.122. The fraction of sp³-hybridized carbons (Fsp3) is 0.316. The Kier molecular flexibility index (Phi) is 10.6. The summed E-state index contributed by atoms with van der Waals surface area (Å²) < 4.78 is 11.6. The van der Waals surface area contributed by atoms with Gasteiger partial charge in [0.1, 0.15) is 15.5 Å². The minimum atomic E-state index is -3.48. The number of likely N-dealkylation sites (N-methyl/N-ethyl adjacent to an activating group) is 1. The number of rotatable bonds is 10. The summed E-state index contributed by atoms with van der Waals surface area (Å²) in [4.78, 5) is 35.4. The van der Waals surface area contributed by atoms with Gasteiger partial charge < -0.3 is 14.2 Å². The molecule has 18 heteroatoms. The van der Waals surface area contributed by atoms with Crippen molar-refractivity contribution in [1.29, 1.82) is 0 Å². The van der Waals surface area contributed by atoms with Crippen molar-refractivity contribution < 1.29 is 23.9 Å². The van der Waals surface area contributed by atoms with E-state index >= 15 is 0 Å². The lowest BCUT2D eigenvalue weighted by Gasteiger charge is -2.26. The van der Waals surface area contributed by atoms with Crippen LogP contribution >= 0.6 is 75.0 Å². The molecular formula is C19H16Cl4N3O7PS3. The third-order valence-electron chi connectivity index (χ3n) is 4.85. The van der Waals surface area contributed by atoms with Gasteiger partial charge in [-0.25, -0.2) is 0 Å². The Morgan fingerprint density at radius 1 is 1.19 bits per heavy atom. The zero-order valence-electron chi connectivity index (χ0n) is 18.6. The summed E-state index contributed by atoms with van der Waals surface area (Å²) in [5.74, 6) is 0.170. The van der Waals surface area contributed by atoms with E-state index in [4.69, 9.17) is 67.5 Å². The van der Waals surface area contributed by atoms with Gasteiger partial charge in [0.25, 0.3) is 0 Å². The van der Waals surface area contributed by atoms with Gasteiger partial charge in [-0.2, -0.15) is 0 Å². The van der Waals surface area contributed by atoms with Crippen LogP contribution in [0.3, 0.4) is 0 Å². The highest BCUT2D eigenvalue weighted by Gasteiger charge is 2.34. The average Bonchev–Trinajstić information content (AvgIpc) is 3.36. The van der Waals surface area contributed by atoms with Gasteiger partial charge in [-0.3, -0.25) is 25.0 Å². The lowest BCUT2D eigenvalue weighted by atomic mass is 10.3. The number of carbonyl (C=O) groups excluding carboxylic acids is 1. The molecule has 0 aliphatic carbocycles. The first-order valence-corrected chi connectivity index (χ1v) is 16.9. The van der Waals surface area contributed by atoms with Crippen molar-refractivity contribution in [3.63, 3.8) is 0 Å². The largest absolute Gasteiger partial charge is 0.450 e. The molecule has 2 aromatic rings. The Balaban J connectivity index is 2.00. The molecule has 0 radical (unpaired) electrons. The van der Waals surface area contributed by atoms with Crippen molar-refractivity contribution >= 4 is 109 Å². The number of hydrogen-bond donors (Lipinski definition) is 0. The highest BCUT2D eigenvalue weighted by atomic mass is 35.5. The van der Waals surface area contributed by atoms with Crippen LogP contribution in [0.15, 0.2) is 24.3 Å². The van der Waals surface area contributed by atoms with Crippen LogP contribution in [0.1, 0.15) is 0 Å². The molecule has 1 fully saturated rings. The zero-order chi connectivity index (χ0) is 27.5. The maximum atomic E-state index is 12.9. The fourth-order valence-electron chi connectivity index (χ4n) is 2.98. The van der Waals surface area contributed by atoms with Crippen molar-refractivity contribution in [2.24, 2.45) is 0 Å². The van der Waals surface area contributed by atoms with E-state index in [1.165, 1.54) is 17.0 Å². The first-order chi connectivity index (χ1) is 17.3. The van der Waals surface area contributed by atoms with Crippen molar-refractivity contribution in [3.8, 4) is 5.75 Å². The number of carbonyl (C=O) groups is 1. The maximum absolute atomic E-state index is 12.9. The summed E-state index contributed by atoms with van der Waals surface area (Å²) in [5.41, 5.74) is -5.15. The summed E-state index contributed by atoms with van der Waals surface area (Å²) >= 11 is 33.1. The second kappa shape index (κ2) is 12.9. The molecule has 1 aliphatic heterocycles. The fourth-order valence-corrected chi connectivity index (χ4v) is 9.75. The molecule has 0 bridgehead atoms. The van der Waals surface area contributed by atoms with E-state index in [2.05, 4.69) is 0 Å². The molecule has 1 amide bonds. The van der Waals surface area contributed by atoms with E-state index in [0.29, 0.717) is 13.2 Å². The monoisotopic (exact) mass is 665 g/mol. The first-order valence-electron chi connectivity index (χ1n) is 10.0. The van der Waals surface area contributed by atoms with E-state index in [1.807, 2.05) is 0 Å². The van der Waals surface area contributed by atoms with E-state index in [9.17, 15) is 25.0 Å². The molecule has 10 nitrogen and oxygen atoms in total. The number of hydrogen-bond acceptors (Lipinski definition) is 10. The van der Waals surface area contributed by atoms with Crippen LogP contribution in [-0.4, -0.2) is 57.8 Å². The number of benzene rings is 2. The standard InChI is InChI=1S/C19H16Cl4N3O7PS3/c1-24(8-16-32-4-5-36-16)15(27)9-37-34(35,33-19-17(22)11(20)7-12(21)18(19)23)10-2-3-13(25(28)29)14(6-10)26(30)31/h2-3,6-7,16H,4-5,8-9H2,1H3. The predicted octanol–water partition coefficient (Wildman–Crippen LogP) is 6.41. The van der Waals surface area contributed by atoms with E-state index in [1.54, 1.807) is 18.8 Å². The molecule has 0 aromatic heterocycles. The topological polar surface area (TPSA) is 125 Å². The third-order valence-corrected chi connectivity index (χ3v) is 13.6. The summed E-state index contributed by atoms with van der Waals surface area (Å²) in [6.07, 6.45) is 0. The van der Waals surface area contributed by atoms with Crippen molar-refractivity contribution in [3.05, 3.63) is 64.6 Å². The van der Waals surface area contributed by atoms with Gasteiger partial charge in [0.2, 0.25) is 5.91 Å². The number of nitro benzene ring substituents is 2. The van der Waals surface area contributed by atoms with Crippen LogP contribution in [0.2, 0.25) is 20.1 Å². The number of amides is 1. The maximum Gasteiger partial charge on any atom is 0.346 e. The SMILES string of the molecule is CN(CC1OCCS1)C(=O)CSP(=S)(Oc1c(Cl)c(Cl)cc(Cl)c1Cl)c1ccc([N+](=O)[O-])c([N+](=O)[O-])c1. The Morgan fingerprint density at radius 2 is 1.81 bits per heavy atom. The van der Waals surface area contributed by atoms with Gasteiger partial charge in [0.05, 0.1) is 38.8 Å². The molecular weight excluding hydrogens is 651 g/mol. The minimum Gasteiger partial charge on any atom is -0.450 e. The molecule has 37 heavy (non-hydrogen) atoms. The lowest BCUT2D eigenvalue weighted by molar-refractivity contribution is -0.422. The molecule has 2 aromatic carbocycles. The number of thioether (sulfide) groups is 1. The molecule has 2 atom stereocenters. The molecule has 2 unspecified atom stereocenters. The molecule has 0 N–H and O–H groups in total. The van der Waals surface area contributed by atoms with Crippen LogP contribution in [0, 0.1) is 20.2 Å². The van der Waals surface area contributed by atoms with Gasteiger partial charge in [0.15, 0.2) is 11.2 Å². The molecule has 1 heterocycles. The number of nitro groups is 2. The number of nitrogens with zero attached hydrogens (tertiary/aromatic N) is 3. The highest BCUT2D eigenvalue weighted by Crippen LogP contribution is 2.61.